The lowest BCUT2D eigenvalue weighted by molar-refractivity contribution is 0.469. The molecule has 7 rings (SSSR count). The summed E-state index contributed by atoms with van der Waals surface area (Å²) in [5.74, 6) is 0. The molecule has 0 amide bonds. The van der Waals surface area contributed by atoms with Crippen LogP contribution in [0.4, 0.5) is 17.1 Å². The number of nitrogens with zero attached hydrogens (tertiary/aromatic N) is 2. The average molecular weight is 874 g/mol. The molecule has 0 spiro atoms. The van der Waals surface area contributed by atoms with Gasteiger partial charge >= 0.3 is 0 Å². The van der Waals surface area contributed by atoms with E-state index in [0.29, 0.717) is 5.41 Å². The van der Waals surface area contributed by atoms with Crippen LogP contribution in [-0.4, -0.2) is 4.57 Å². The van der Waals surface area contributed by atoms with Gasteiger partial charge in [0.1, 0.15) is 0 Å². The van der Waals surface area contributed by atoms with E-state index < -0.39 is 0 Å². The van der Waals surface area contributed by atoms with E-state index in [2.05, 4.69) is 287 Å². The molecule has 0 saturated carbocycles. The van der Waals surface area contributed by atoms with Gasteiger partial charge in [-0.05, 0) is 156 Å². The van der Waals surface area contributed by atoms with Crippen molar-refractivity contribution in [1.29, 1.82) is 0 Å². The van der Waals surface area contributed by atoms with Gasteiger partial charge in [-0.3, -0.25) is 0 Å². The van der Waals surface area contributed by atoms with Crippen molar-refractivity contribution < 1.29 is 0 Å². The molecule has 0 aliphatic rings. The van der Waals surface area contributed by atoms with Gasteiger partial charge in [0.2, 0.25) is 0 Å². The van der Waals surface area contributed by atoms with Crippen LogP contribution in [0.15, 0.2) is 194 Å². The fourth-order valence-electron chi connectivity index (χ4n) is 7.68. The quantitative estimate of drug-likeness (QED) is 0.138. The Balaban J connectivity index is 0.000000945. The molecule has 0 aliphatic heterocycles. The molecular weight excluding hydrogens is 799 g/mol. The largest absolute Gasteiger partial charge is 0.355 e. The van der Waals surface area contributed by atoms with Crippen LogP contribution in [0.3, 0.4) is 0 Å². The minimum Gasteiger partial charge on any atom is -0.355 e. The van der Waals surface area contributed by atoms with Gasteiger partial charge in [0.25, 0.3) is 0 Å². The van der Waals surface area contributed by atoms with Gasteiger partial charge in [-0.1, -0.05) is 172 Å². The summed E-state index contributed by atoms with van der Waals surface area (Å²) >= 11 is 0. The molecule has 0 aliphatic carbocycles. The minimum absolute atomic E-state index is 0.0411. The summed E-state index contributed by atoms with van der Waals surface area (Å²) in [6.07, 6.45) is 12.9. The number of fused-ring (bicyclic) bond motifs is 1. The van der Waals surface area contributed by atoms with Gasteiger partial charge in [0, 0.05) is 45.8 Å². The number of anilines is 3. The zero-order valence-corrected chi connectivity index (χ0v) is 42.4. The lowest BCUT2D eigenvalue weighted by atomic mass is 9.89. The fourth-order valence-corrected chi connectivity index (χ4v) is 7.68. The Labute approximate surface area is 399 Å². The standard InChI is InChI=1S/C55H57N3.C5H12.C3H6/c1-10-39(3)58(53(11-2)55(7,8)9)50-26-18-23-44(38-50)47-34-45(42-21-16-24-48(36-42)56-51-27-14-12-19-40(51)29-31-54(4,5)6)33-46(35-47)43-22-17-25-49(37-43)57-32-30-41-20-13-15-28-52(41)57;1-5(2,3)4;1-3-2/h10-38,56H,1-9H3;1-4H3;3H,1H2,2H3/b31-29+,39-10+,53-11-;;. The first kappa shape index (κ1) is 50.4. The maximum atomic E-state index is 3.74. The van der Waals surface area contributed by atoms with Crippen molar-refractivity contribution in [2.75, 3.05) is 10.2 Å². The average Bonchev–Trinajstić information content (AvgIpc) is 3.71. The van der Waals surface area contributed by atoms with Crippen LogP contribution in [0.5, 0.6) is 0 Å². The summed E-state index contributed by atoms with van der Waals surface area (Å²) < 4.78 is 2.28. The first-order valence-electron chi connectivity index (χ1n) is 23.5. The van der Waals surface area contributed by atoms with Crippen molar-refractivity contribution >= 4 is 34.0 Å². The fraction of sp³-hybridized carbons (Fsp3) is 0.270. The van der Waals surface area contributed by atoms with E-state index >= 15 is 0 Å². The maximum Gasteiger partial charge on any atom is 0.0528 e. The molecular formula is C63H75N3. The lowest BCUT2D eigenvalue weighted by Gasteiger charge is -2.36. The second kappa shape index (κ2) is 22.1. The number of para-hydroxylation sites is 2. The van der Waals surface area contributed by atoms with Gasteiger partial charge in [-0.2, -0.15) is 0 Å². The summed E-state index contributed by atoms with van der Waals surface area (Å²) in [5.41, 5.74) is 16.8. The van der Waals surface area contributed by atoms with Crippen molar-refractivity contribution in [3.05, 3.63) is 200 Å². The van der Waals surface area contributed by atoms with E-state index in [-0.39, 0.29) is 10.8 Å². The molecule has 342 valence electrons. The normalized spacial score (nSPS) is 12.3. The predicted molar refractivity (Wildman–Crippen MR) is 294 cm³/mol. The highest BCUT2D eigenvalue weighted by Gasteiger charge is 2.25. The third kappa shape index (κ3) is 14.0. The van der Waals surface area contributed by atoms with E-state index in [0.717, 1.165) is 50.6 Å². The molecule has 0 atom stereocenters. The molecule has 0 unspecified atom stereocenters. The van der Waals surface area contributed by atoms with Crippen molar-refractivity contribution in [3.63, 3.8) is 0 Å². The molecule has 66 heavy (non-hydrogen) atoms. The molecule has 6 aromatic carbocycles. The molecule has 0 fully saturated rings. The molecule has 1 aromatic heterocycles. The minimum atomic E-state index is -0.0411. The summed E-state index contributed by atoms with van der Waals surface area (Å²) in [5, 5.41) is 4.97. The van der Waals surface area contributed by atoms with Crippen LogP contribution in [0.2, 0.25) is 0 Å². The van der Waals surface area contributed by atoms with E-state index in [1.165, 1.54) is 33.4 Å². The number of rotatable bonds is 10. The first-order valence-corrected chi connectivity index (χ1v) is 23.5. The van der Waals surface area contributed by atoms with Gasteiger partial charge < -0.3 is 14.8 Å². The first-order chi connectivity index (χ1) is 31.2. The number of hydrogen-bond acceptors (Lipinski definition) is 2. The summed E-state index contributed by atoms with van der Waals surface area (Å²) in [6.45, 7) is 34.0. The summed E-state index contributed by atoms with van der Waals surface area (Å²) in [6, 6.07) is 53.0. The second-order valence-corrected chi connectivity index (χ2v) is 20.7. The van der Waals surface area contributed by atoms with E-state index in [1.807, 2.05) is 6.92 Å². The zero-order valence-electron chi connectivity index (χ0n) is 42.4. The number of aromatic nitrogens is 1. The van der Waals surface area contributed by atoms with Gasteiger partial charge in [-0.15, -0.1) is 6.58 Å². The molecule has 0 radical (unpaired) electrons. The van der Waals surface area contributed by atoms with Crippen LogP contribution in [0.25, 0.3) is 56.0 Å². The summed E-state index contributed by atoms with van der Waals surface area (Å²) in [7, 11) is 0. The predicted octanol–water partition coefficient (Wildman–Crippen LogP) is 19.4. The Morgan fingerprint density at radius 1 is 0.576 bits per heavy atom. The number of benzene rings is 6. The van der Waals surface area contributed by atoms with Gasteiger partial charge in [0.05, 0.1) is 5.52 Å². The molecule has 1 N–H and O–H groups in total. The Morgan fingerprint density at radius 2 is 1.12 bits per heavy atom. The van der Waals surface area contributed by atoms with Gasteiger partial charge in [-0.25, -0.2) is 0 Å². The van der Waals surface area contributed by atoms with E-state index in [4.69, 9.17) is 0 Å². The van der Waals surface area contributed by atoms with Crippen molar-refractivity contribution in [2.24, 2.45) is 16.2 Å². The topological polar surface area (TPSA) is 20.2 Å². The maximum absolute atomic E-state index is 3.74. The zero-order chi connectivity index (χ0) is 48.2. The molecule has 0 saturated heterocycles. The second-order valence-electron chi connectivity index (χ2n) is 20.7. The van der Waals surface area contributed by atoms with Crippen molar-refractivity contribution in [2.45, 2.75) is 96.9 Å². The Kier molecular flexibility index (Phi) is 16.9. The van der Waals surface area contributed by atoms with Crippen molar-refractivity contribution in [3.8, 4) is 39.1 Å². The van der Waals surface area contributed by atoms with Crippen LogP contribution < -0.4 is 10.2 Å². The smallest absolute Gasteiger partial charge is 0.0528 e. The van der Waals surface area contributed by atoms with Gasteiger partial charge in [0.15, 0.2) is 0 Å². The Morgan fingerprint density at radius 3 is 1.71 bits per heavy atom. The third-order valence-electron chi connectivity index (χ3n) is 10.7. The Hall–Kier alpha value is -6.58. The van der Waals surface area contributed by atoms with Crippen LogP contribution in [0.1, 0.15) is 102 Å². The molecule has 1 heterocycles. The number of hydrogen-bond donors (Lipinski definition) is 1. The summed E-state index contributed by atoms with van der Waals surface area (Å²) in [4.78, 5) is 2.41. The SMILES string of the molecule is C/C=C(\N(/C(C)=C/C)c1cccc(-c2cc(-c3cccc(Nc4ccccc4/C=C/C(C)(C)C)c3)cc(-c3cccc(-n4ccc5ccccc54)c3)c2)c1)C(C)(C)C.C=CC.CC(C)(C)C. The monoisotopic (exact) mass is 874 g/mol. The van der Waals surface area contributed by atoms with Crippen molar-refractivity contribution in [1.82, 2.24) is 4.57 Å². The van der Waals surface area contributed by atoms with E-state index in [1.54, 1.807) is 6.08 Å². The Bertz CT molecular complexity index is 2800. The highest BCUT2D eigenvalue weighted by Crippen LogP contribution is 2.40. The number of nitrogens with one attached hydrogen (secondary N) is 1. The van der Waals surface area contributed by atoms with Crippen LogP contribution in [0, 0.1) is 16.2 Å². The molecule has 0 bridgehead atoms. The third-order valence-corrected chi connectivity index (χ3v) is 10.7. The molecule has 7 aromatic rings. The van der Waals surface area contributed by atoms with Crippen LogP contribution >= 0.6 is 0 Å². The van der Waals surface area contributed by atoms with E-state index in [9.17, 15) is 0 Å². The number of allylic oxidation sites excluding steroid dienone is 6. The highest BCUT2D eigenvalue weighted by molar-refractivity contribution is 5.86. The highest BCUT2D eigenvalue weighted by atomic mass is 15.2. The van der Waals surface area contributed by atoms with Crippen LogP contribution in [-0.2, 0) is 0 Å². The molecule has 3 heteroatoms. The molecule has 3 nitrogen and oxygen atoms in total. The lowest BCUT2D eigenvalue weighted by Crippen LogP contribution is -2.29.